The van der Waals surface area contributed by atoms with Crippen molar-refractivity contribution in [3.63, 3.8) is 0 Å². The van der Waals surface area contributed by atoms with Gasteiger partial charge in [-0.15, -0.1) is 5.10 Å². The van der Waals surface area contributed by atoms with Crippen LogP contribution in [0.3, 0.4) is 0 Å². The molecule has 3 nitrogen and oxygen atoms in total. The van der Waals surface area contributed by atoms with E-state index in [0.29, 0.717) is 17.0 Å². The lowest BCUT2D eigenvalue weighted by Crippen LogP contribution is -2.23. The highest BCUT2D eigenvalue weighted by Gasteiger charge is 2.16. The summed E-state index contributed by atoms with van der Waals surface area (Å²) in [6.07, 6.45) is 3.28. The second-order valence-electron chi connectivity index (χ2n) is 4.27. The lowest BCUT2D eigenvalue weighted by Gasteiger charge is -2.16. The molecule has 0 aliphatic heterocycles. The van der Waals surface area contributed by atoms with Crippen LogP contribution in [0.1, 0.15) is 29.8 Å². The molecule has 0 radical (unpaired) electrons. The van der Waals surface area contributed by atoms with E-state index in [2.05, 4.69) is 21.8 Å². The quantitative estimate of drug-likeness (QED) is 0.885. The molecule has 0 bridgehead atoms. The van der Waals surface area contributed by atoms with Crippen molar-refractivity contribution in [3.8, 4) is 0 Å². The first kappa shape index (κ1) is 14.4. The number of benzene rings is 1. The van der Waals surface area contributed by atoms with Gasteiger partial charge in [0.2, 0.25) is 0 Å². The van der Waals surface area contributed by atoms with Gasteiger partial charge in [0.25, 0.3) is 0 Å². The lowest BCUT2D eigenvalue weighted by molar-refractivity contribution is 0.518. The van der Waals surface area contributed by atoms with Crippen LogP contribution >= 0.6 is 23.1 Å². The van der Waals surface area contributed by atoms with E-state index in [0.717, 1.165) is 17.8 Å². The molecular weight excluding hydrogens is 285 g/mol. The molecule has 1 aromatic carbocycles. The highest BCUT2D eigenvalue weighted by atomic mass is 35.5. The third-order valence-corrected chi connectivity index (χ3v) is 3.81. The van der Waals surface area contributed by atoms with Crippen LogP contribution in [0.4, 0.5) is 4.39 Å². The second-order valence-corrected chi connectivity index (χ2v) is 5.52. The number of nitrogens with zero attached hydrogens (tertiary/aromatic N) is 2. The highest BCUT2D eigenvalue weighted by Crippen LogP contribution is 2.24. The van der Waals surface area contributed by atoms with Crippen molar-refractivity contribution in [2.75, 3.05) is 6.54 Å². The maximum absolute atomic E-state index is 13.8. The predicted molar refractivity (Wildman–Crippen MR) is 76.1 cm³/mol. The summed E-state index contributed by atoms with van der Waals surface area (Å²) in [5.41, 5.74) is 0.606. The van der Waals surface area contributed by atoms with Gasteiger partial charge in [-0.3, -0.25) is 0 Å². The Morgan fingerprint density at radius 2 is 2.32 bits per heavy atom. The smallest absolute Gasteiger partial charge is 0.126 e. The van der Waals surface area contributed by atoms with E-state index in [9.17, 15) is 4.39 Å². The van der Waals surface area contributed by atoms with Gasteiger partial charge in [-0.25, -0.2) is 4.39 Å². The molecule has 0 saturated carbocycles. The normalized spacial score (nSPS) is 12.6. The Balaban J connectivity index is 2.17. The number of rotatable bonds is 6. The molecule has 0 aliphatic rings. The third-order valence-electron chi connectivity index (χ3n) is 2.79. The summed E-state index contributed by atoms with van der Waals surface area (Å²) < 4.78 is 17.6. The summed E-state index contributed by atoms with van der Waals surface area (Å²) in [5.74, 6) is -0.231. The van der Waals surface area contributed by atoms with Gasteiger partial charge in [0, 0.05) is 11.1 Å². The van der Waals surface area contributed by atoms with Gasteiger partial charge < -0.3 is 5.32 Å². The molecule has 2 rings (SSSR count). The van der Waals surface area contributed by atoms with E-state index in [1.807, 2.05) is 0 Å². The average molecular weight is 300 g/mol. The van der Waals surface area contributed by atoms with Crippen molar-refractivity contribution < 1.29 is 4.39 Å². The van der Waals surface area contributed by atoms with Gasteiger partial charge in [-0.2, -0.15) is 0 Å². The Bertz CT molecular complexity index is 519. The zero-order chi connectivity index (χ0) is 13.7. The molecule has 0 saturated heterocycles. The van der Waals surface area contributed by atoms with Crippen molar-refractivity contribution in [1.82, 2.24) is 14.9 Å². The average Bonchev–Trinajstić information content (AvgIpc) is 2.92. The van der Waals surface area contributed by atoms with Gasteiger partial charge in [-0.05, 0) is 54.7 Å². The molecule has 1 atom stereocenters. The molecule has 1 heterocycles. The summed E-state index contributed by atoms with van der Waals surface area (Å²) in [4.78, 5) is 1.01. The first-order valence-corrected chi connectivity index (χ1v) is 7.30. The lowest BCUT2D eigenvalue weighted by atomic mass is 10.0. The van der Waals surface area contributed by atoms with E-state index in [1.165, 1.54) is 17.6 Å². The topological polar surface area (TPSA) is 37.8 Å². The predicted octanol–water partition coefficient (Wildman–Crippen LogP) is 3.61. The molecule has 0 fully saturated rings. The fourth-order valence-corrected chi connectivity index (χ4v) is 2.61. The second kappa shape index (κ2) is 6.93. The molecule has 1 unspecified atom stereocenters. The monoisotopic (exact) mass is 299 g/mol. The van der Waals surface area contributed by atoms with Gasteiger partial charge in [0.05, 0.1) is 11.1 Å². The Labute approximate surface area is 121 Å². The van der Waals surface area contributed by atoms with Crippen molar-refractivity contribution in [1.29, 1.82) is 0 Å². The maximum Gasteiger partial charge on any atom is 0.126 e. The number of halogens is 2. The Morgan fingerprint density at radius 1 is 1.47 bits per heavy atom. The fourth-order valence-electron chi connectivity index (χ4n) is 1.84. The van der Waals surface area contributed by atoms with E-state index < -0.39 is 0 Å². The summed E-state index contributed by atoms with van der Waals surface area (Å²) in [6, 6.07) is 4.65. The number of nitrogens with one attached hydrogen (secondary N) is 1. The van der Waals surface area contributed by atoms with Crippen LogP contribution in [0, 0.1) is 5.82 Å². The van der Waals surface area contributed by atoms with Crippen LogP contribution in [-0.2, 0) is 6.42 Å². The molecule has 102 valence electrons. The molecule has 1 aromatic heterocycles. The number of hydrogen-bond donors (Lipinski definition) is 1. The van der Waals surface area contributed by atoms with Gasteiger partial charge in [0.15, 0.2) is 0 Å². The standard InChI is InChI=1S/C13H15ClFN3S/c1-2-5-16-12(13-8-17-18-19-13)7-9-6-10(14)3-4-11(9)15/h3-4,6,8,12,16H,2,5,7H2,1H3. The Kier molecular flexibility index (Phi) is 5.24. The van der Waals surface area contributed by atoms with Crippen LogP contribution in [0.25, 0.3) is 0 Å². The number of aromatic nitrogens is 2. The summed E-state index contributed by atoms with van der Waals surface area (Å²) in [6.45, 7) is 2.96. The molecule has 19 heavy (non-hydrogen) atoms. The Hall–Kier alpha value is -1.04. The van der Waals surface area contributed by atoms with Crippen LogP contribution in [0.15, 0.2) is 24.4 Å². The van der Waals surface area contributed by atoms with E-state index in [1.54, 1.807) is 18.3 Å². The maximum atomic E-state index is 13.8. The van der Waals surface area contributed by atoms with E-state index >= 15 is 0 Å². The molecule has 0 spiro atoms. The molecule has 2 aromatic rings. The van der Waals surface area contributed by atoms with Gasteiger partial charge in [-0.1, -0.05) is 23.0 Å². The summed E-state index contributed by atoms with van der Waals surface area (Å²) >= 11 is 7.25. The van der Waals surface area contributed by atoms with Crippen molar-refractivity contribution >= 4 is 23.1 Å². The molecule has 0 amide bonds. The minimum atomic E-state index is -0.231. The van der Waals surface area contributed by atoms with Crippen molar-refractivity contribution in [2.45, 2.75) is 25.8 Å². The first-order valence-electron chi connectivity index (χ1n) is 6.15. The Morgan fingerprint density at radius 3 is 3.00 bits per heavy atom. The van der Waals surface area contributed by atoms with Crippen LogP contribution in [0.5, 0.6) is 0 Å². The summed E-state index contributed by atoms with van der Waals surface area (Å²) in [7, 11) is 0. The van der Waals surface area contributed by atoms with Gasteiger partial charge in [0.1, 0.15) is 5.82 Å². The minimum Gasteiger partial charge on any atom is -0.309 e. The largest absolute Gasteiger partial charge is 0.309 e. The van der Waals surface area contributed by atoms with Crippen LogP contribution in [0.2, 0.25) is 5.02 Å². The molecular formula is C13H15ClFN3S. The van der Waals surface area contributed by atoms with Crippen molar-refractivity contribution in [2.24, 2.45) is 0 Å². The van der Waals surface area contributed by atoms with Crippen molar-refractivity contribution in [3.05, 3.63) is 45.7 Å². The molecule has 0 aliphatic carbocycles. The third kappa shape index (κ3) is 3.96. The van der Waals surface area contributed by atoms with Crippen LogP contribution < -0.4 is 5.32 Å². The SMILES string of the molecule is CCCNC(Cc1cc(Cl)ccc1F)c1cnns1. The molecule has 6 heteroatoms. The van der Waals surface area contributed by atoms with Gasteiger partial charge >= 0.3 is 0 Å². The zero-order valence-corrected chi connectivity index (χ0v) is 12.1. The fraction of sp³-hybridized carbons (Fsp3) is 0.385. The number of hydrogen-bond acceptors (Lipinski definition) is 4. The van der Waals surface area contributed by atoms with E-state index in [4.69, 9.17) is 11.6 Å². The van der Waals surface area contributed by atoms with E-state index in [-0.39, 0.29) is 11.9 Å². The van der Waals surface area contributed by atoms with Crippen LogP contribution in [-0.4, -0.2) is 16.1 Å². The molecule has 1 N–H and O–H groups in total. The zero-order valence-electron chi connectivity index (χ0n) is 10.6. The first-order chi connectivity index (χ1) is 9.20. The summed E-state index contributed by atoms with van der Waals surface area (Å²) in [5, 5.41) is 7.78. The highest BCUT2D eigenvalue weighted by molar-refractivity contribution is 7.05. The minimum absolute atomic E-state index is 0.0212.